The van der Waals surface area contributed by atoms with Gasteiger partial charge < -0.3 is 11.1 Å². The molecule has 0 radical (unpaired) electrons. The van der Waals surface area contributed by atoms with Gasteiger partial charge in [0.15, 0.2) is 0 Å². The van der Waals surface area contributed by atoms with E-state index in [0.717, 1.165) is 6.42 Å². The number of unbranched alkanes of at least 4 members (excludes halogenated alkanes) is 14. The Kier molecular flexibility index (Phi) is 18.0. The molecule has 0 spiro atoms. The van der Waals surface area contributed by atoms with Gasteiger partial charge in [0.25, 0.3) is 0 Å². The minimum absolute atomic E-state index is 0.0946. The average molecular weight is 313 g/mol. The average Bonchev–Trinajstić information content (AvgIpc) is 2.51. The summed E-state index contributed by atoms with van der Waals surface area (Å²) in [6.07, 6.45) is 21.0. The van der Waals surface area contributed by atoms with E-state index in [1.54, 1.807) is 0 Å². The Balaban J connectivity index is 3.01. The van der Waals surface area contributed by atoms with Crippen LogP contribution in [0.5, 0.6) is 0 Å². The molecule has 0 saturated carbocycles. The Morgan fingerprint density at radius 2 is 1.05 bits per heavy atom. The molecular weight excluding hydrogens is 272 g/mol. The predicted octanol–water partition coefficient (Wildman–Crippen LogP) is 5.28. The highest BCUT2D eigenvalue weighted by Crippen LogP contribution is 2.13. The van der Waals surface area contributed by atoms with Gasteiger partial charge in [-0.05, 0) is 6.42 Å². The molecule has 22 heavy (non-hydrogen) atoms. The number of rotatable bonds is 17. The van der Waals surface area contributed by atoms with Crippen molar-refractivity contribution in [2.75, 3.05) is 6.67 Å². The van der Waals surface area contributed by atoms with Gasteiger partial charge in [-0.25, -0.2) is 0 Å². The Labute approximate surface area is 138 Å². The summed E-state index contributed by atoms with van der Waals surface area (Å²) in [5.41, 5.74) is 5.25. The van der Waals surface area contributed by atoms with E-state index in [-0.39, 0.29) is 12.6 Å². The van der Waals surface area contributed by atoms with Crippen LogP contribution in [0.3, 0.4) is 0 Å². The number of hydrogen-bond donors (Lipinski definition) is 2. The normalized spacial score (nSPS) is 10.8. The highest BCUT2D eigenvalue weighted by molar-refractivity contribution is 5.75. The van der Waals surface area contributed by atoms with Gasteiger partial charge in [0, 0.05) is 6.42 Å². The first-order chi connectivity index (χ1) is 10.8. The lowest BCUT2D eigenvalue weighted by Gasteiger charge is -2.04. The maximum atomic E-state index is 11.2. The molecular formula is C19H40N2O. The SMILES string of the molecule is CCCCCCCCCCCCCCCCCC(=O)NCN. The first-order valence-corrected chi connectivity index (χ1v) is 9.78. The molecule has 132 valence electrons. The van der Waals surface area contributed by atoms with E-state index in [4.69, 9.17) is 5.73 Å². The topological polar surface area (TPSA) is 55.1 Å². The first kappa shape index (κ1) is 21.4. The van der Waals surface area contributed by atoms with E-state index in [0.29, 0.717) is 6.42 Å². The molecule has 3 nitrogen and oxygen atoms in total. The molecule has 0 aliphatic carbocycles. The minimum Gasteiger partial charge on any atom is -0.344 e. The van der Waals surface area contributed by atoms with E-state index >= 15 is 0 Å². The molecule has 0 saturated heterocycles. The summed E-state index contributed by atoms with van der Waals surface area (Å²) in [4.78, 5) is 11.2. The second-order valence-corrected chi connectivity index (χ2v) is 6.50. The number of carbonyl (C=O) groups excluding carboxylic acids is 1. The van der Waals surface area contributed by atoms with Gasteiger partial charge in [-0.1, -0.05) is 96.8 Å². The third kappa shape index (κ3) is 17.5. The van der Waals surface area contributed by atoms with Gasteiger partial charge in [-0.3, -0.25) is 4.79 Å². The van der Waals surface area contributed by atoms with Crippen molar-refractivity contribution >= 4 is 5.91 Å². The van der Waals surface area contributed by atoms with Crippen LogP contribution in [-0.2, 0) is 4.79 Å². The molecule has 0 fully saturated rings. The monoisotopic (exact) mass is 312 g/mol. The van der Waals surface area contributed by atoms with E-state index < -0.39 is 0 Å². The fourth-order valence-corrected chi connectivity index (χ4v) is 2.86. The standard InChI is InChI=1S/C19H40N2O/c1-2-3-4-5-6-7-8-9-10-11-12-13-14-15-16-17-19(22)21-18-20/h2-18,20H2,1H3,(H,21,22). The third-order valence-corrected chi connectivity index (χ3v) is 4.31. The smallest absolute Gasteiger partial charge is 0.220 e. The molecule has 0 rings (SSSR count). The second-order valence-electron chi connectivity index (χ2n) is 6.50. The quantitative estimate of drug-likeness (QED) is 0.283. The molecule has 0 aromatic rings. The highest BCUT2D eigenvalue weighted by atomic mass is 16.1. The highest BCUT2D eigenvalue weighted by Gasteiger charge is 1.98. The van der Waals surface area contributed by atoms with Crippen LogP contribution in [0.1, 0.15) is 110 Å². The zero-order chi connectivity index (χ0) is 16.3. The van der Waals surface area contributed by atoms with Crippen LogP contribution in [0.25, 0.3) is 0 Å². The Hall–Kier alpha value is -0.570. The molecule has 0 aliphatic heterocycles. The number of nitrogens with two attached hydrogens (primary N) is 1. The predicted molar refractivity (Wildman–Crippen MR) is 96.7 cm³/mol. The van der Waals surface area contributed by atoms with Crippen LogP contribution < -0.4 is 11.1 Å². The Morgan fingerprint density at radius 1 is 0.682 bits per heavy atom. The van der Waals surface area contributed by atoms with Crippen LogP contribution >= 0.6 is 0 Å². The van der Waals surface area contributed by atoms with Crippen molar-refractivity contribution in [1.29, 1.82) is 0 Å². The zero-order valence-electron chi connectivity index (χ0n) is 15.0. The second kappa shape index (κ2) is 18.5. The molecule has 0 unspecified atom stereocenters. The van der Waals surface area contributed by atoms with Gasteiger partial charge in [0.2, 0.25) is 5.91 Å². The number of hydrogen-bond acceptors (Lipinski definition) is 2. The molecule has 3 heteroatoms. The molecule has 0 atom stereocenters. The maximum absolute atomic E-state index is 11.2. The van der Waals surface area contributed by atoms with Gasteiger partial charge in [-0.2, -0.15) is 0 Å². The largest absolute Gasteiger partial charge is 0.344 e. The van der Waals surface area contributed by atoms with Crippen LogP contribution in [-0.4, -0.2) is 12.6 Å². The summed E-state index contributed by atoms with van der Waals surface area (Å²) in [6, 6.07) is 0. The van der Waals surface area contributed by atoms with E-state index in [1.807, 2.05) is 0 Å². The van der Waals surface area contributed by atoms with Crippen molar-refractivity contribution in [3.8, 4) is 0 Å². The fourth-order valence-electron chi connectivity index (χ4n) is 2.86. The van der Waals surface area contributed by atoms with Crippen molar-refractivity contribution in [3.63, 3.8) is 0 Å². The van der Waals surface area contributed by atoms with Gasteiger partial charge in [-0.15, -0.1) is 0 Å². The van der Waals surface area contributed by atoms with Crippen LogP contribution in [0.2, 0.25) is 0 Å². The van der Waals surface area contributed by atoms with Crippen molar-refractivity contribution in [2.24, 2.45) is 5.73 Å². The Bertz CT molecular complexity index is 231. The summed E-state index contributed by atoms with van der Waals surface area (Å²) in [7, 11) is 0. The van der Waals surface area contributed by atoms with E-state index in [2.05, 4.69) is 12.2 Å². The Morgan fingerprint density at radius 3 is 1.41 bits per heavy atom. The van der Waals surface area contributed by atoms with Crippen LogP contribution in [0.4, 0.5) is 0 Å². The number of nitrogens with one attached hydrogen (secondary N) is 1. The van der Waals surface area contributed by atoms with Gasteiger partial charge in [0.05, 0.1) is 6.67 Å². The van der Waals surface area contributed by atoms with E-state index in [1.165, 1.54) is 89.9 Å². The molecule has 0 aromatic carbocycles. The van der Waals surface area contributed by atoms with Crippen LogP contribution in [0.15, 0.2) is 0 Å². The lowest BCUT2D eigenvalue weighted by Crippen LogP contribution is -2.28. The van der Waals surface area contributed by atoms with Crippen molar-refractivity contribution in [2.45, 2.75) is 110 Å². The molecule has 1 amide bonds. The summed E-state index contributed by atoms with van der Waals surface area (Å²) in [5.74, 6) is 0.0946. The third-order valence-electron chi connectivity index (χ3n) is 4.31. The number of amides is 1. The summed E-state index contributed by atoms with van der Waals surface area (Å²) in [5, 5.41) is 2.63. The van der Waals surface area contributed by atoms with Crippen molar-refractivity contribution in [3.05, 3.63) is 0 Å². The summed E-state index contributed by atoms with van der Waals surface area (Å²) in [6.45, 7) is 2.54. The zero-order valence-corrected chi connectivity index (χ0v) is 15.0. The van der Waals surface area contributed by atoms with Gasteiger partial charge in [0.1, 0.15) is 0 Å². The fraction of sp³-hybridized carbons (Fsp3) is 0.947. The molecule has 0 bridgehead atoms. The lowest BCUT2D eigenvalue weighted by molar-refractivity contribution is -0.121. The van der Waals surface area contributed by atoms with Crippen molar-refractivity contribution < 1.29 is 4.79 Å². The molecule has 0 heterocycles. The minimum atomic E-state index is 0.0946. The first-order valence-electron chi connectivity index (χ1n) is 9.78. The summed E-state index contributed by atoms with van der Waals surface area (Å²) < 4.78 is 0. The lowest BCUT2D eigenvalue weighted by atomic mass is 10.0. The number of carbonyl (C=O) groups is 1. The van der Waals surface area contributed by atoms with E-state index in [9.17, 15) is 4.79 Å². The van der Waals surface area contributed by atoms with Gasteiger partial charge >= 0.3 is 0 Å². The maximum Gasteiger partial charge on any atom is 0.220 e. The van der Waals surface area contributed by atoms with Crippen LogP contribution in [0, 0.1) is 0 Å². The molecule has 0 aliphatic rings. The summed E-state index contributed by atoms with van der Waals surface area (Å²) >= 11 is 0. The van der Waals surface area contributed by atoms with Crippen molar-refractivity contribution in [1.82, 2.24) is 5.32 Å². The molecule has 0 aromatic heterocycles. The molecule has 3 N–H and O–H groups in total.